The van der Waals surface area contributed by atoms with E-state index in [4.69, 9.17) is 9.47 Å². The maximum Gasteiger partial charge on any atom is 0.407 e. The first-order chi connectivity index (χ1) is 13.2. The lowest BCUT2D eigenvalue weighted by Crippen LogP contribution is -2.32. The number of hydrogen-bond acceptors (Lipinski definition) is 3. The van der Waals surface area contributed by atoms with Gasteiger partial charge in [-0.05, 0) is 25.0 Å². The zero-order valence-electron chi connectivity index (χ0n) is 16.3. The Hall–Kier alpha value is -2.49. The summed E-state index contributed by atoms with van der Waals surface area (Å²) in [5.41, 5.74) is 2.96. The number of hydrogen-bond donors (Lipinski definition) is 1. The topological polar surface area (TPSA) is 47.6 Å². The molecule has 1 N–H and O–H groups in total. The van der Waals surface area contributed by atoms with Gasteiger partial charge in [-0.2, -0.15) is 0 Å². The van der Waals surface area contributed by atoms with Crippen LogP contribution in [-0.2, 0) is 4.74 Å². The van der Waals surface area contributed by atoms with Crippen molar-refractivity contribution in [3.8, 4) is 11.5 Å². The maximum atomic E-state index is 12.4. The molecule has 144 valence electrons. The summed E-state index contributed by atoms with van der Waals surface area (Å²) >= 11 is 0. The molecule has 1 aliphatic heterocycles. The van der Waals surface area contributed by atoms with Gasteiger partial charge in [0.1, 0.15) is 11.5 Å². The van der Waals surface area contributed by atoms with E-state index >= 15 is 0 Å². The number of unbranched alkanes of at least 4 members (excludes halogenated alkanes) is 5. The number of fused-ring (bicyclic) bond motifs is 2. The van der Waals surface area contributed by atoms with Crippen molar-refractivity contribution in [2.75, 3.05) is 6.61 Å². The molecule has 1 unspecified atom stereocenters. The Kier molecular flexibility index (Phi) is 6.74. The van der Waals surface area contributed by atoms with Crippen molar-refractivity contribution in [2.24, 2.45) is 0 Å². The molecule has 27 heavy (non-hydrogen) atoms. The zero-order chi connectivity index (χ0) is 19.1. The third-order valence-electron chi connectivity index (χ3n) is 4.99. The van der Waals surface area contributed by atoms with E-state index in [2.05, 4.69) is 12.2 Å². The van der Waals surface area contributed by atoms with Crippen molar-refractivity contribution < 1.29 is 14.3 Å². The van der Waals surface area contributed by atoms with Gasteiger partial charge < -0.3 is 14.8 Å². The first kappa shape index (κ1) is 19.3. The van der Waals surface area contributed by atoms with Crippen LogP contribution in [0.5, 0.6) is 11.5 Å². The Morgan fingerprint density at radius 3 is 2.59 bits per heavy atom. The molecule has 1 heterocycles. The second-order valence-corrected chi connectivity index (χ2v) is 7.11. The Morgan fingerprint density at radius 2 is 1.74 bits per heavy atom. The van der Waals surface area contributed by atoms with Crippen LogP contribution in [0.2, 0.25) is 0 Å². The fourth-order valence-corrected chi connectivity index (χ4v) is 3.49. The fourth-order valence-electron chi connectivity index (χ4n) is 3.49. The van der Waals surface area contributed by atoms with Crippen LogP contribution in [0.25, 0.3) is 0 Å². The SMILES string of the molecule is CCCCCCCCOC(=O)NC1c2ccccc2Oc2c(C)cccc21. The number of amides is 1. The van der Waals surface area contributed by atoms with Crippen molar-refractivity contribution in [2.45, 2.75) is 58.4 Å². The third-order valence-corrected chi connectivity index (χ3v) is 4.99. The van der Waals surface area contributed by atoms with Crippen molar-refractivity contribution in [3.63, 3.8) is 0 Å². The van der Waals surface area contributed by atoms with Gasteiger partial charge in [0.15, 0.2) is 0 Å². The second kappa shape index (κ2) is 9.45. The first-order valence-electron chi connectivity index (χ1n) is 10.00. The molecular weight excluding hydrogens is 338 g/mol. The summed E-state index contributed by atoms with van der Waals surface area (Å²) in [4.78, 5) is 12.4. The highest BCUT2D eigenvalue weighted by atomic mass is 16.5. The minimum Gasteiger partial charge on any atom is -0.456 e. The molecular formula is C23H29NO3. The predicted molar refractivity (Wildman–Crippen MR) is 107 cm³/mol. The summed E-state index contributed by atoms with van der Waals surface area (Å²) in [6.45, 7) is 4.69. The van der Waals surface area contributed by atoms with E-state index in [1.165, 1.54) is 25.7 Å². The molecule has 4 nitrogen and oxygen atoms in total. The molecule has 0 aliphatic carbocycles. The van der Waals surface area contributed by atoms with Crippen LogP contribution in [0, 0.1) is 6.92 Å². The molecule has 1 atom stereocenters. The number of carbonyl (C=O) groups excluding carboxylic acids is 1. The molecule has 0 aromatic heterocycles. The minimum absolute atomic E-state index is 0.262. The smallest absolute Gasteiger partial charge is 0.407 e. The average molecular weight is 367 g/mol. The Balaban J connectivity index is 1.61. The summed E-state index contributed by atoms with van der Waals surface area (Å²) in [6.07, 6.45) is 6.64. The third kappa shape index (κ3) is 4.82. The highest BCUT2D eigenvalue weighted by Crippen LogP contribution is 2.44. The molecule has 0 saturated carbocycles. The molecule has 3 rings (SSSR count). The van der Waals surface area contributed by atoms with E-state index < -0.39 is 0 Å². The molecule has 2 aromatic carbocycles. The number of rotatable bonds is 8. The standard InChI is InChI=1S/C23H29NO3/c1-3-4-5-6-7-10-16-26-23(25)24-21-18-13-8-9-15-20(18)27-22-17(2)12-11-14-19(21)22/h8-9,11-15,21H,3-7,10,16H2,1-2H3,(H,24,25). The van der Waals surface area contributed by atoms with Crippen molar-refractivity contribution in [1.29, 1.82) is 0 Å². The Morgan fingerprint density at radius 1 is 1.00 bits per heavy atom. The van der Waals surface area contributed by atoms with Crippen LogP contribution in [0.1, 0.15) is 68.2 Å². The van der Waals surface area contributed by atoms with E-state index in [-0.39, 0.29) is 12.1 Å². The first-order valence-corrected chi connectivity index (χ1v) is 10.00. The van der Waals surface area contributed by atoms with Gasteiger partial charge in [-0.25, -0.2) is 4.79 Å². The number of carbonyl (C=O) groups is 1. The molecule has 0 spiro atoms. The molecule has 0 fully saturated rings. The van der Waals surface area contributed by atoms with Crippen LogP contribution < -0.4 is 10.1 Å². The van der Waals surface area contributed by atoms with Crippen molar-refractivity contribution in [3.05, 3.63) is 59.2 Å². The fraction of sp³-hybridized carbons (Fsp3) is 0.435. The molecule has 1 amide bonds. The highest BCUT2D eigenvalue weighted by Gasteiger charge is 2.29. The number of alkyl carbamates (subject to hydrolysis) is 1. The second-order valence-electron chi connectivity index (χ2n) is 7.11. The summed E-state index contributed by atoms with van der Waals surface area (Å²) in [7, 11) is 0. The maximum absolute atomic E-state index is 12.4. The monoisotopic (exact) mass is 367 g/mol. The molecule has 4 heteroatoms. The summed E-state index contributed by atoms with van der Waals surface area (Å²) in [6, 6.07) is 13.6. The minimum atomic E-state index is -0.377. The number of ether oxygens (including phenoxy) is 2. The van der Waals surface area contributed by atoms with E-state index in [1.54, 1.807) is 0 Å². The van der Waals surface area contributed by atoms with Crippen molar-refractivity contribution in [1.82, 2.24) is 5.32 Å². The molecule has 0 radical (unpaired) electrons. The number of nitrogens with one attached hydrogen (secondary N) is 1. The Bertz CT molecular complexity index is 772. The van der Waals surface area contributed by atoms with Crippen LogP contribution >= 0.6 is 0 Å². The predicted octanol–water partition coefficient (Wildman–Crippen LogP) is 6.28. The Labute approximate surface area is 161 Å². The van der Waals surface area contributed by atoms with E-state index in [0.717, 1.165) is 41.0 Å². The van der Waals surface area contributed by atoms with E-state index in [0.29, 0.717) is 6.61 Å². The molecule has 0 saturated heterocycles. The molecule has 1 aliphatic rings. The normalized spacial score (nSPS) is 14.7. The summed E-state index contributed by atoms with van der Waals surface area (Å²) in [5.74, 6) is 1.60. The quantitative estimate of drug-likeness (QED) is 0.559. The lowest BCUT2D eigenvalue weighted by molar-refractivity contribution is 0.141. The van der Waals surface area contributed by atoms with Crippen LogP contribution in [0.15, 0.2) is 42.5 Å². The van der Waals surface area contributed by atoms with Crippen molar-refractivity contribution >= 4 is 6.09 Å². The lowest BCUT2D eigenvalue weighted by Gasteiger charge is -2.29. The van der Waals surface area contributed by atoms with Gasteiger partial charge in [0.05, 0.1) is 12.6 Å². The average Bonchev–Trinajstić information content (AvgIpc) is 2.68. The summed E-state index contributed by atoms with van der Waals surface area (Å²) in [5, 5.41) is 3.03. The van der Waals surface area contributed by atoms with Gasteiger partial charge >= 0.3 is 6.09 Å². The van der Waals surface area contributed by atoms with Crippen LogP contribution in [0.3, 0.4) is 0 Å². The van der Waals surface area contributed by atoms with E-state index in [1.807, 2.05) is 49.4 Å². The van der Waals surface area contributed by atoms with Gasteiger partial charge in [-0.3, -0.25) is 0 Å². The van der Waals surface area contributed by atoms with Gasteiger partial charge in [-0.1, -0.05) is 75.4 Å². The van der Waals surface area contributed by atoms with Gasteiger partial charge in [0.2, 0.25) is 0 Å². The number of aryl methyl sites for hydroxylation is 1. The number of benzene rings is 2. The van der Waals surface area contributed by atoms with Gasteiger partial charge in [0, 0.05) is 11.1 Å². The van der Waals surface area contributed by atoms with E-state index in [9.17, 15) is 4.79 Å². The number of para-hydroxylation sites is 2. The zero-order valence-corrected chi connectivity index (χ0v) is 16.3. The highest BCUT2D eigenvalue weighted by molar-refractivity contribution is 5.70. The molecule has 0 bridgehead atoms. The van der Waals surface area contributed by atoms with Crippen LogP contribution in [0.4, 0.5) is 4.79 Å². The lowest BCUT2D eigenvalue weighted by atomic mass is 9.93. The van der Waals surface area contributed by atoms with Crippen LogP contribution in [-0.4, -0.2) is 12.7 Å². The summed E-state index contributed by atoms with van der Waals surface area (Å²) < 4.78 is 11.5. The van der Waals surface area contributed by atoms with Gasteiger partial charge in [0.25, 0.3) is 0 Å². The molecule has 2 aromatic rings. The van der Waals surface area contributed by atoms with Gasteiger partial charge in [-0.15, -0.1) is 0 Å². The largest absolute Gasteiger partial charge is 0.456 e.